The molecular formula is C12H16F2N2O2. The van der Waals surface area contributed by atoms with Gasteiger partial charge in [-0.2, -0.15) is 0 Å². The van der Waals surface area contributed by atoms with Gasteiger partial charge in [0, 0.05) is 12.7 Å². The molecule has 4 nitrogen and oxygen atoms in total. The third-order valence-corrected chi connectivity index (χ3v) is 2.17. The predicted molar refractivity (Wildman–Crippen MR) is 65.1 cm³/mol. The zero-order chi connectivity index (χ0) is 13.5. The lowest BCUT2D eigenvalue weighted by Crippen LogP contribution is -2.16. The molecule has 0 fully saturated rings. The number of ether oxygens (including phenoxy) is 1. The molecule has 3 N–H and O–H groups in total. The number of nitrogens with two attached hydrogens (primary N) is 1. The highest BCUT2D eigenvalue weighted by Gasteiger charge is 2.12. The van der Waals surface area contributed by atoms with Crippen LogP contribution in [-0.4, -0.2) is 19.1 Å². The Balaban J connectivity index is 2.54. The lowest BCUT2D eigenvalue weighted by molar-refractivity contribution is -0.117. The summed E-state index contributed by atoms with van der Waals surface area (Å²) in [4.78, 5) is 11.5. The van der Waals surface area contributed by atoms with E-state index in [0.29, 0.717) is 12.7 Å². The average Bonchev–Trinajstić information content (AvgIpc) is 2.29. The number of hydrogen-bond acceptors (Lipinski definition) is 3. The van der Waals surface area contributed by atoms with Crippen LogP contribution < -0.4 is 11.1 Å². The number of nitrogens with one attached hydrogen (secondary N) is 1. The molecule has 1 aromatic rings. The Hall–Kier alpha value is -1.69. The van der Waals surface area contributed by atoms with E-state index in [1.54, 1.807) is 0 Å². The van der Waals surface area contributed by atoms with Crippen LogP contribution in [0.3, 0.4) is 0 Å². The molecule has 0 spiro atoms. The largest absolute Gasteiger partial charge is 0.397 e. The molecule has 1 aromatic carbocycles. The van der Waals surface area contributed by atoms with Crippen LogP contribution in [0.15, 0.2) is 12.1 Å². The molecule has 0 radical (unpaired) electrons. The number of amides is 1. The predicted octanol–water partition coefficient (Wildman–Crippen LogP) is 2.30. The molecule has 0 heterocycles. The molecule has 0 aliphatic heterocycles. The first-order valence-electron chi connectivity index (χ1n) is 5.66. The van der Waals surface area contributed by atoms with E-state index in [4.69, 9.17) is 10.5 Å². The van der Waals surface area contributed by atoms with Gasteiger partial charge in [0.1, 0.15) is 11.5 Å². The second-order valence-corrected chi connectivity index (χ2v) is 3.76. The summed E-state index contributed by atoms with van der Waals surface area (Å²) in [7, 11) is 0. The Morgan fingerprint density at radius 1 is 1.39 bits per heavy atom. The molecule has 0 saturated heterocycles. The maximum absolute atomic E-state index is 13.3. The van der Waals surface area contributed by atoms with Crippen molar-refractivity contribution in [2.45, 2.75) is 19.8 Å². The molecule has 1 amide bonds. The summed E-state index contributed by atoms with van der Waals surface area (Å²) in [6, 6.07) is 1.62. The number of carbonyl (C=O) groups is 1. The van der Waals surface area contributed by atoms with E-state index in [1.165, 1.54) is 0 Å². The summed E-state index contributed by atoms with van der Waals surface area (Å²) in [5, 5.41) is 2.30. The molecule has 0 saturated carbocycles. The molecule has 0 aliphatic rings. The van der Waals surface area contributed by atoms with E-state index in [0.717, 1.165) is 12.5 Å². The summed E-state index contributed by atoms with van der Waals surface area (Å²) in [5.41, 5.74) is 5.08. The summed E-state index contributed by atoms with van der Waals surface area (Å²) < 4.78 is 31.3. The molecule has 18 heavy (non-hydrogen) atoms. The van der Waals surface area contributed by atoms with E-state index >= 15 is 0 Å². The van der Waals surface area contributed by atoms with Crippen molar-refractivity contribution >= 4 is 17.3 Å². The van der Waals surface area contributed by atoms with Gasteiger partial charge in [-0.05, 0) is 12.5 Å². The van der Waals surface area contributed by atoms with Crippen molar-refractivity contribution in [3.8, 4) is 0 Å². The van der Waals surface area contributed by atoms with E-state index in [2.05, 4.69) is 5.32 Å². The smallest absolute Gasteiger partial charge is 0.226 e. The average molecular weight is 258 g/mol. The normalized spacial score (nSPS) is 10.4. The minimum absolute atomic E-state index is 0.0935. The van der Waals surface area contributed by atoms with E-state index in [-0.39, 0.29) is 24.4 Å². The van der Waals surface area contributed by atoms with Crippen LogP contribution in [0.2, 0.25) is 0 Å². The first-order chi connectivity index (χ1) is 8.54. The zero-order valence-corrected chi connectivity index (χ0v) is 10.1. The lowest BCUT2D eigenvalue weighted by atomic mass is 10.2. The van der Waals surface area contributed by atoms with E-state index in [1.807, 2.05) is 6.92 Å². The van der Waals surface area contributed by atoms with Crippen molar-refractivity contribution in [3.05, 3.63) is 23.8 Å². The van der Waals surface area contributed by atoms with E-state index in [9.17, 15) is 13.6 Å². The van der Waals surface area contributed by atoms with Crippen LogP contribution in [0.4, 0.5) is 20.2 Å². The lowest BCUT2D eigenvalue weighted by Gasteiger charge is -2.09. The summed E-state index contributed by atoms with van der Waals surface area (Å²) in [6.45, 7) is 2.78. The SMILES string of the molecule is CCCOCCC(=O)Nc1c(N)cc(F)cc1F. The van der Waals surface area contributed by atoms with Crippen molar-refractivity contribution in [1.82, 2.24) is 0 Å². The van der Waals surface area contributed by atoms with Gasteiger partial charge in [0.05, 0.1) is 18.7 Å². The monoisotopic (exact) mass is 258 g/mol. The third-order valence-electron chi connectivity index (χ3n) is 2.17. The number of halogens is 2. The van der Waals surface area contributed by atoms with Crippen LogP contribution in [0.25, 0.3) is 0 Å². The fourth-order valence-electron chi connectivity index (χ4n) is 1.34. The van der Waals surface area contributed by atoms with Crippen LogP contribution >= 0.6 is 0 Å². The van der Waals surface area contributed by atoms with Crippen LogP contribution in [0.1, 0.15) is 19.8 Å². The number of carbonyl (C=O) groups excluding carboxylic acids is 1. The molecule has 0 aromatic heterocycles. The molecule has 1 rings (SSSR count). The van der Waals surface area contributed by atoms with Crippen LogP contribution in [0, 0.1) is 11.6 Å². The highest BCUT2D eigenvalue weighted by Crippen LogP contribution is 2.23. The minimum Gasteiger partial charge on any atom is -0.397 e. The number of nitrogen functional groups attached to an aromatic ring is 1. The number of benzene rings is 1. The highest BCUT2D eigenvalue weighted by molar-refractivity contribution is 5.94. The minimum atomic E-state index is -0.893. The van der Waals surface area contributed by atoms with Gasteiger partial charge >= 0.3 is 0 Å². The third kappa shape index (κ3) is 4.29. The fraction of sp³-hybridized carbons (Fsp3) is 0.417. The molecule has 0 aliphatic carbocycles. The zero-order valence-electron chi connectivity index (χ0n) is 10.1. The van der Waals surface area contributed by atoms with Crippen molar-refractivity contribution in [3.63, 3.8) is 0 Å². The van der Waals surface area contributed by atoms with Crippen LogP contribution in [-0.2, 0) is 9.53 Å². The summed E-state index contributed by atoms with van der Waals surface area (Å²) >= 11 is 0. The standard InChI is InChI=1S/C12H16F2N2O2/c1-2-4-18-5-3-11(17)16-12-9(14)6-8(13)7-10(12)15/h6-7H,2-5,15H2,1H3,(H,16,17). The number of hydrogen-bond donors (Lipinski definition) is 2. The van der Waals surface area contributed by atoms with Gasteiger partial charge in [-0.15, -0.1) is 0 Å². The Morgan fingerprint density at radius 3 is 2.72 bits per heavy atom. The Labute approximate surface area is 104 Å². The summed E-state index contributed by atoms with van der Waals surface area (Å²) in [5.74, 6) is -2.10. The Morgan fingerprint density at radius 2 is 2.11 bits per heavy atom. The van der Waals surface area contributed by atoms with Gasteiger partial charge in [-0.25, -0.2) is 8.78 Å². The number of anilines is 2. The van der Waals surface area contributed by atoms with Gasteiger partial charge in [0.2, 0.25) is 5.91 Å². The maximum Gasteiger partial charge on any atom is 0.226 e. The van der Waals surface area contributed by atoms with Gasteiger partial charge in [0.25, 0.3) is 0 Å². The van der Waals surface area contributed by atoms with E-state index < -0.39 is 17.5 Å². The van der Waals surface area contributed by atoms with Crippen molar-refractivity contribution in [1.29, 1.82) is 0 Å². The molecular weight excluding hydrogens is 242 g/mol. The van der Waals surface area contributed by atoms with Crippen molar-refractivity contribution in [2.75, 3.05) is 24.3 Å². The fourth-order valence-corrected chi connectivity index (χ4v) is 1.34. The van der Waals surface area contributed by atoms with Gasteiger partial charge in [0.15, 0.2) is 5.82 Å². The first kappa shape index (κ1) is 14.4. The van der Waals surface area contributed by atoms with Crippen LogP contribution in [0.5, 0.6) is 0 Å². The quantitative estimate of drug-likeness (QED) is 0.608. The second-order valence-electron chi connectivity index (χ2n) is 3.76. The number of rotatable bonds is 6. The van der Waals surface area contributed by atoms with Crippen molar-refractivity contribution in [2.24, 2.45) is 0 Å². The molecule has 0 atom stereocenters. The van der Waals surface area contributed by atoms with Gasteiger partial charge < -0.3 is 15.8 Å². The maximum atomic E-state index is 13.3. The molecule has 6 heteroatoms. The highest BCUT2D eigenvalue weighted by atomic mass is 19.1. The van der Waals surface area contributed by atoms with Gasteiger partial charge in [-0.3, -0.25) is 4.79 Å². The summed E-state index contributed by atoms with van der Waals surface area (Å²) in [6.07, 6.45) is 0.956. The molecule has 0 unspecified atom stereocenters. The second kappa shape index (κ2) is 6.90. The van der Waals surface area contributed by atoms with Crippen molar-refractivity contribution < 1.29 is 18.3 Å². The topological polar surface area (TPSA) is 64.3 Å². The Kier molecular flexibility index (Phi) is 5.51. The molecule has 0 bridgehead atoms. The van der Waals surface area contributed by atoms with Gasteiger partial charge in [-0.1, -0.05) is 6.92 Å². The molecule has 100 valence electrons. The first-order valence-corrected chi connectivity index (χ1v) is 5.66. The Bertz CT molecular complexity index is 402.